The van der Waals surface area contributed by atoms with Gasteiger partial charge in [-0.1, -0.05) is 18.2 Å². The molecule has 14 heavy (non-hydrogen) atoms. The fourth-order valence-electron chi connectivity index (χ4n) is 1.79. The lowest BCUT2D eigenvalue weighted by Gasteiger charge is -2.15. The van der Waals surface area contributed by atoms with Gasteiger partial charge in [0.05, 0.1) is 25.7 Å². The molecule has 0 radical (unpaired) electrons. The summed E-state index contributed by atoms with van der Waals surface area (Å²) in [6.45, 7) is 3.66. The number of carbonyl (C=O) groups excluding carboxylic acids is 1. The summed E-state index contributed by atoms with van der Waals surface area (Å²) >= 11 is 0. The monoisotopic (exact) mass is 194 g/mol. The molecule has 1 heterocycles. The van der Waals surface area contributed by atoms with Crippen LogP contribution in [0.2, 0.25) is 0 Å². The van der Waals surface area contributed by atoms with Crippen LogP contribution in [0.3, 0.4) is 0 Å². The van der Waals surface area contributed by atoms with Crippen LogP contribution in [-0.2, 0) is 14.3 Å². The number of carbonyl (C=O) groups is 1. The van der Waals surface area contributed by atoms with Crippen molar-refractivity contribution in [3.63, 3.8) is 0 Å². The maximum atomic E-state index is 11.4. The number of fused-ring (bicyclic) bond motifs is 1. The van der Waals surface area contributed by atoms with Crippen LogP contribution in [0.25, 0.3) is 0 Å². The molecule has 0 aromatic heterocycles. The molecule has 2 rings (SSSR count). The Balaban J connectivity index is 2.06. The zero-order valence-electron chi connectivity index (χ0n) is 8.23. The van der Waals surface area contributed by atoms with Crippen LogP contribution in [0.1, 0.15) is 6.92 Å². The molecule has 1 aliphatic carbocycles. The van der Waals surface area contributed by atoms with Crippen molar-refractivity contribution in [3.05, 3.63) is 23.8 Å². The number of ether oxygens (including phenoxy) is 2. The number of rotatable bonds is 2. The van der Waals surface area contributed by atoms with Crippen LogP contribution in [-0.4, -0.2) is 25.8 Å². The average Bonchev–Trinajstić information content (AvgIpc) is 2.64. The van der Waals surface area contributed by atoms with E-state index in [1.54, 1.807) is 0 Å². The van der Waals surface area contributed by atoms with Gasteiger partial charge in [0.25, 0.3) is 0 Å². The second-order valence-corrected chi connectivity index (χ2v) is 3.53. The molecule has 3 nitrogen and oxygen atoms in total. The molecular weight excluding hydrogens is 180 g/mol. The van der Waals surface area contributed by atoms with Gasteiger partial charge in [-0.25, -0.2) is 0 Å². The van der Waals surface area contributed by atoms with Gasteiger partial charge in [0.2, 0.25) is 0 Å². The summed E-state index contributed by atoms with van der Waals surface area (Å²) in [5.41, 5.74) is 1.21. The van der Waals surface area contributed by atoms with Crippen LogP contribution in [0, 0.1) is 11.8 Å². The Labute approximate surface area is 83.4 Å². The highest BCUT2D eigenvalue weighted by atomic mass is 16.5. The molecule has 0 bridgehead atoms. The van der Waals surface area contributed by atoms with Gasteiger partial charge in [-0.05, 0) is 12.5 Å². The molecule has 3 heteroatoms. The Morgan fingerprint density at radius 3 is 3.29 bits per heavy atom. The van der Waals surface area contributed by atoms with Gasteiger partial charge in [-0.3, -0.25) is 4.79 Å². The molecule has 2 atom stereocenters. The molecule has 0 saturated carbocycles. The minimum Gasteiger partial charge on any atom is -0.465 e. The Bertz CT molecular complexity index is 291. The second kappa shape index (κ2) is 3.96. The third-order valence-electron chi connectivity index (χ3n) is 2.55. The van der Waals surface area contributed by atoms with E-state index < -0.39 is 0 Å². The van der Waals surface area contributed by atoms with Crippen molar-refractivity contribution in [3.8, 4) is 0 Å². The zero-order chi connectivity index (χ0) is 9.97. The third-order valence-corrected chi connectivity index (χ3v) is 2.55. The van der Waals surface area contributed by atoms with Crippen LogP contribution in [0.4, 0.5) is 0 Å². The van der Waals surface area contributed by atoms with E-state index in [0.29, 0.717) is 19.1 Å². The van der Waals surface area contributed by atoms with Gasteiger partial charge in [0, 0.05) is 5.92 Å². The van der Waals surface area contributed by atoms with Crippen molar-refractivity contribution in [2.75, 3.05) is 19.8 Å². The third kappa shape index (κ3) is 1.73. The highest BCUT2D eigenvalue weighted by Crippen LogP contribution is 2.28. The molecular formula is C11H14O3. The van der Waals surface area contributed by atoms with Gasteiger partial charge >= 0.3 is 5.97 Å². The quantitative estimate of drug-likeness (QED) is 0.491. The first-order chi connectivity index (χ1) is 6.81. The summed E-state index contributed by atoms with van der Waals surface area (Å²) < 4.78 is 10.3. The smallest absolute Gasteiger partial charge is 0.316 e. The van der Waals surface area contributed by atoms with Crippen molar-refractivity contribution in [2.24, 2.45) is 11.8 Å². The Hall–Kier alpha value is -1.09. The van der Waals surface area contributed by atoms with E-state index in [2.05, 4.69) is 0 Å². The van der Waals surface area contributed by atoms with Gasteiger partial charge in [-0.2, -0.15) is 0 Å². The lowest BCUT2D eigenvalue weighted by molar-refractivity contribution is -0.144. The maximum absolute atomic E-state index is 11.4. The molecule has 1 aliphatic heterocycles. The van der Waals surface area contributed by atoms with Crippen molar-refractivity contribution in [1.29, 1.82) is 0 Å². The van der Waals surface area contributed by atoms with E-state index >= 15 is 0 Å². The van der Waals surface area contributed by atoms with Crippen LogP contribution in [0.5, 0.6) is 0 Å². The highest BCUT2D eigenvalue weighted by Gasteiger charge is 2.26. The fraction of sp³-hybridized carbons (Fsp3) is 0.545. The topological polar surface area (TPSA) is 35.5 Å². The number of hydrogen-bond donors (Lipinski definition) is 0. The fourth-order valence-corrected chi connectivity index (χ4v) is 1.79. The standard InChI is InChI=1S/C11H14O3/c1-2-14-11(12)8-3-4-9-6-13-7-10(9)5-8/h3-5,8-9H,2,6-7H2,1H3. The van der Waals surface area contributed by atoms with Crippen LogP contribution >= 0.6 is 0 Å². The predicted molar refractivity (Wildman–Crippen MR) is 51.7 cm³/mol. The van der Waals surface area contributed by atoms with Crippen molar-refractivity contribution < 1.29 is 14.3 Å². The first kappa shape index (κ1) is 9.46. The largest absolute Gasteiger partial charge is 0.465 e. The number of hydrogen-bond acceptors (Lipinski definition) is 3. The molecule has 1 fully saturated rings. The normalized spacial score (nSPS) is 29.6. The first-order valence-electron chi connectivity index (χ1n) is 4.94. The van der Waals surface area contributed by atoms with Gasteiger partial charge in [-0.15, -0.1) is 0 Å². The number of esters is 1. The van der Waals surface area contributed by atoms with Crippen molar-refractivity contribution in [2.45, 2.75) is 6.92 Å². The van der Waals surface area contributed by atoms with E-state index in [0.717, 1.165) is 6.61 Å². The molecule has 2 aliphatic rings. The van der Waals surface area contributed by atoms with E-state index in [1.165, 1.54) is 5.57 Å². The molecule has 0 aromatic rings. The maximum Gasteiger partial charge on any atom is 0.316 e. The lowest BCUT2D eigenvalue weighted by Crippen LogP contribution is -2.18. The Morgan fingerprint density at radius 1 is 1.64 bits per heavy atom. The van der Waals surface area contributed by atoms with Crippen molar-refractivity contribution >= 4 is 5.97 Å². The highest BCUT2D eigenvalue weighted by molar-refractivity contribution is 5.77. The zero-order valence-corrected chi connectivity index (χ0v) is 8.23. The summed E-state index contributed by atoms with van der Waals surface area (Å²) in [6, 6.07) is 0. The second-order valence-electron chi connectivity index (χ2n) is 3.53. The summed E-state index contributed by atoms with van der Waals surface area (Å²) in [4.78, 5) is 11.4. The van der Waals surface area contributed by atoms with Crippen LogP contribution in [0.15, 0.2) is 23.8 Å². The molecule has 0 amide bonds. The Kier molecular flexibility index (Phi) is 2.68. The summed E-state index contributed by atoms with van der Waals surface area (Å²) in [5.74, 6) is 0.0187. The van der Waals surface area contributed by atoms with E-state index in [4.69, 9.17) is 9.47 Å². The van der Waals surface area contributed by atoms with Gasteiger partial charge < -0.3 is 9.47 Å². The molecule has 0 N–H and O–H groups in total. The summed E-state index contributed by atoms with van der Waals surface area (Å²) in [7, 11) is 0. The first-order valence-corrected chi connectivity index (χ1v) is 4.94. The van der Waals surface area contributed by atoms with Crippen LogP contribution < -0.4 is 0 Å². The lowest BCUT2D eigenvalue weighted by atomic mass is 9.91. The Morgan fingerprint density at radius 2 is 2.50 bits per heavy atom. The summed E-state index contributed by atoms with van der Waals surface area (Å²) in [6.07, 6.45) is 5.92. The minimum absolute atomic E-state index is 0.165. The van der Waals surface area contributed by atoms with E-state index in [1.807, 2.05) is 25.2 Å². The predicted octanol–water partition coefficient (Wildman–Crippen LogP) is 1.31. The SMILES string of the molecule is CCOC(=O)C1C=CC2COCC2=C1. The molecule has 0 spiro atoms. The molecule has 76 valence electrons. The van der Waals surface area contributed by atoms with E-state index in [-0.39, 0.29) is 11.9 Å². The molecule has 1 saturated heterocycles. The van der Waals surface area contributed by atoms with E-state index in [9.17, 15) is 4.79 Å². The molecule has 0 aromatic carbocycles. The average molecular weight is 194 g/mol. The van der Waals surface area contributed by atoms with Gasteiger partial charge in [0.15, 0.2) is 0 Å². The summed E-state index contributed by atoms with van der Waals surface area (Å²) in [5, 5.41) is 0. The molecule has 2 unspecified atom stereocenters. The minimum atomic E-state index is -0.206. The van der Waals surface area contributed by atoms with Crippen molar-refractivity contribution in [1.82, 2.24) is 0 Å². The van der Waals surface area contributed by atoms with Gasteiger partial charge in [0.1, 0.15) is 0 Å².